The highest BCUT2D eigenvalue weighted by Crippen LogP contribution is 2.64. The third-order valence-electron chi connectivity index (χ3n) is 6.57. The lowest BCUT2D eigenvalue weighted by Crippen LogP contribution is -2.23. The second kappa shape index (κ2) is 4.74. The van der Waals surface area contributed by atoms with Gasteiger partial charge in [-0.15, -0.1) is 0 Å². The molecular formula is C19H24O2. The van der Waals surface area contributed by atoms with Crippen LogP contribution in [-0.2, 0) is 4.74 Å². The molecule has 21 heavy (non-hydrogen) atoms. The summed E-state index contributed by atoms with van der Waals surface area (Å²) in [7, 11) is 0. The minimum Gasteiger partial charge on any atom is -0.490 e. The van der Waals surface area contributed by atoms with Gasteiger partial charge in [-0.25, -0.2) is 0 Å². The van der Waals surface area contributed by atoms with Gasteiger partial charge < -0.3 is 9.47 Å². The molecule has 1 aromatic carbocycles. The minimum atomic E-state index is 0.345. The number of hydrogen-bond donors (Lipinski definition) is 0. The van der Waals surface area contributed by atoms with Crippen molar-refractivity contribution in [3.05, 3.63) is 29.8 Å². The molecule has 4 fully saturated rings. The Kier molecular flexibility index (Phi) is 2.83. The number of rotatable bonds is 4. The van der Waals surface area contributed by atoms with E-state index >= 15 is 0 Å². The van der Waals surface area contributed by atoms with Gasteiger partial charge in [-0.1, -0.05) is 24.6 Å². The van der Waals surface area contributed by atoms with E-state index in [1.165, 1.54) is 37.7 Å². The average Bonchev–Trinajstić information content (AvgIpc) is 2.95. The normalized spacial score (nSPS) is 43.0. The maximum absolute atomic E-state index is 6.07. The summed E-state index contributed by atoms with van der Waals surface area (Å²) < 4.78 is 11.3. The van der Waals surface area contributed by atoms with E-state index in [0.29, 0.717) is 6.10 Å². The van der Waals surface area contributed by atoms with Gasteiger partial charge in [-0.3, -0.25) is 0 Å². The zero-order chi connectivity index (χ0) is 13.8. The summed E-state index contributed by atoms with van der Waals surface area (Å²) in [5.41, 5.74) is 1.48. The molecule has 1 saturated heterocycles. The first-order valence-corrected chi connectivity index (χ1v) is 8.73. The van der Waals surface area contributed by atoms with Gasteiger partial charge in [0.1, 0.15) is 18.5 Å². The smallest absolute Gasteiger partial charge is 0.122 e. The summed E-state index contributed by atoms with van der Waals surface area (Å²) in [4.78, 5) is 0. The molecule has 112 valence electrons. The fourth-order valence-corrected chi connectivity index (χ4v) is 5.69. The molecule has 0 amide bonds. The van der Waals surface area contributed by atoms with E-state index in [2.05, 4.69) is 24.3 Å². The molecule has 0 N–H and O–H groups in total. The van der Waals surface area contributed by atoms with E-state index in [1.54, 1.807) is 0 Å². The maximum atomic E-state index is 6.07. The Morgan fingerprint density at radius 3 is 2.81 bits per heavy atom. The lowest BCUT2D eigenvalue weighted by molar-refractivity contribution is 0.223. The van der Waals surface area contributed by atoms with Crippen molar-refractivity contribution in [3.63, 3.8) is 0 Å². The van der Waals surface area contributed by atoms with Gasteiger partial charge in [0.2, 0.25) is 0 Å². The van der Waals surface area contributed by atoms with Gasteiger partial charge in [-0.05, 0) is 66.9 Å². The van der Waals surface area contributed by atoms with E-state index < -0.39 is 0 Å². The highest BCUT2D eigenvalue weighted by molar-refractivity contribution is 5.38. The van der Waals surface area contributed by atoms with Crippen LogP contribution in [0.25, 0.3) is 0 Å². The number of ether oxygens (including phenoxy) is 2. The Bertz CT molecular complexity index is 536. The summed E-state index contributed by atoms with van der Waals surface area (Å²) in [6.07, 6.45) is 7.72. The van der Waals surface area contributed by atoms with Crippen LogP contribution in [0.1, 0.15) is 43.6 Å². The fraction of sp³-hybridized carbons (Fsp3) is 0.684. The zero-order valence-corrected chi connectivity index (χ0v) is 12.5. The molecular weight excluding hydrogens is 260 g/mol. The number of benzene rings is 1. The Morgan fingerprint density at radius 1 is 1.05 bits per heavy atom. The topological polar surface area (TPSA) is 21.8 Å². The van der Waals surface area contributed by atoms with E-state index in [0.717, 1.165) is 48.6 Å². The Balaban J connectivity index is 1.40. The van der Waals surface area contributed by atoms with Crippen molar-refractivity contribution in [1.82, 2.24) is 0 Å². The third kappa shape index (κ3) is 2.03. The molecule has 6 atom stereocenters. The Labute approximate surface area is 126 Å². The summed E-state index contributed by atoms with van der Waals surface area (Å²) in [5, 5.41) is 0. The van der Waals surface area contributed by atoms with Gasteiger partial charge in [0.25, 0.3) is 0 Å². The molecule has 1 aliphatic heterocycles. The largest absolute Gasteiger partial charge is 0.490 e. The summed E-state index contributed by atoms with van der Waals surface area (Å²) in [6, 6.07) is 8.78. The van der Waals surface area contributed by atoms with Crippen LogP contribution in [0.3, 0.4) is 0 Å². The van der Waals surface area contributed by atoms with Crippen molar-refractivity contribution < 1.29 is 9.47 Å². The van der Waals surface area contributed by atoms with E-state index in [-0.39, 0.29) is 0 Å². The van der Waals surface area contributed by atoms with Gasteiger partial charge in [0.15, 0.2) is 0 Å². The zero-order valence-electron chi connectivity index (χ0n) is 12.5. The van der Waals surface area contributed by atoms with Crippen LogP contribution in [0, 0.1) is 23.7 Å². The molecule has 6 unspecified atom stereocenters. The Hall–Kier alpha value is -1.02. The Morgan fingerprint density at radius 2 is 1.90 bits per heavy atom. The molecule has 0 spiro atoms. The van der Waals surface area contributed by atoms with Gasteiger partial charge in [0, 0.05) is 0 Å². The first-order chi connectivity index (χ1) is 10.4. The monoisotopic (exact) mass is 284 g/mol. The SMILES string of the molecule is c1ccc(C2CC3CC2C2CCCC32)c(OCC2CO2)c1. The van der Waals surface area contributed by atoms with Crippen LogP contribution in [-0.4, -0.2) is 19.3 Å². The van der Waals surface area contributed by atoms with Crippen LogP contribution in [0.5, 0.6) is 5.75 Å². The molecule has 5 rings (SSSR count). The number of fused-ring (bicyclic) bond motifs is 5. The van der Waals surface area contributed by atoms with Crippen molar-refractivity contribution in [2.24, 2.45) is 23.7 Å². The minimum absolute atomic E-state index is 0.345. The van der Waals surface area contributed by atoms with E-state index in [1.807, 2.05) is 0 Å². The standard InChI is InChI=1S/C19H24O2/c1-2-7-19(21-11-13-10-20-13)16(4-1)18-9-12-8-17(18)15-6-3-5-14(12)15/h1-2,4,7,12-15,17-18H,3,5-6,8-11H2. The van der Waals surface area contributed by atoms with Crippen LogP contribution >= 0.6 is 0 Å². The molecule has 1 aromatic rings. The third-order valence-corrected chi connectivity index (χ3v) is 6.57. The van der Waals surface area contributed by atoms with E-state index in [9.17, 15) is 0 Å². The van der Waals surface area contributed by atoms with Crippen molar-refractivity contribution in [3.8, 4) is 5.75 Å². The first kappa shape index (κ1) is 12.5. The number of epoxide rings is 1. The average molecular weight is 284 g/mol. The highest BCUT2D eigenvalue weighted by Gasteiger charge is 2.54. The highest BCUT2D eigenvalue weighted by atomic mass is 16.6. The van der Waals surface area contributed by atoms with E-state index in [4.69, 9.17) is 9.47 Å². The van der Waals surface area contributed by atoms with Crippen LogP contribution in [0.2, 0.25) is 0 Å². The molecule has 3 saturated carbocycles. The van der Waals surface area contributed by atoms with Crippen LogP contribution < -0.4 is 4.74 Å². The molecule has 2 heteroatoms. The van der Waals surface area contributed by atoms with Crippen LogP contribution in [0.4, 0.5) is 0 Å². The van der Waals surface area contributed by atoms with Crippen molar-refractivity contribution in [1.29, 1.82) is 0 Å². The van der Waals surface area contributed by atoms with Gasteiger partial charge >= 0.3 is 0 Å². The first-order valence-electron chi connectivity index (χ1n) is 8.73. The molecule has 2 bridgehead atoms. The second-order valence-electron chi connectivity index (χ2n) is 7.56. The van der Waals surface area contributed by atoms with Crippen molar-refractivity contribution in [2.45, 2.75) is 44.1 Å². The lowest BCUT2D eigenvalue weighted by Gasteiger charge is -2.32. The molecule has 3 aliphatic carbocycles. The maximum Gasteiger partial charge on any atom is 0.122 e. The van der Waals surface area contributed by atoms with Crippen molar-refractivity contribution in [2.75, 3.05) is 13.2 Å². The molecule has 1 heterocycles. The molecule has 4 aliphatic rings. The summed E-state index contributed by atoms with van der Waals surface area (Å²) in [6.45, 7) is 1.60. The number of para-hydroxylation sites is 1. The fourth-order valence-electron chi connectivity index (χ4n) is 5.69. The van der Waals surface area contributed by atoms with Gasteiger partial charge in [0.05, 0.1) is 6.61 Å². The quantitative estimate of drug-likeness (QED) is 0.779. The van der Waals surface area contributed by atoms with Gasteiger partial charge in [-0.2, -0.15) is 0 Å². The summed E-state index contributed by atoms with van der Waals surface area (Å²) in [5.74, 6) is 5.91. The predicted octanol–water partition coefficient (Wildman–Crippen LogP) is 4.00. The lowest BCUT2D eigenvalue weighted by atomic mass is 9.73. The summed E-state index contributed by atoms with van der Waals surface area (Å²) >= 11 is 0. The second-order valence-corrected chi connectivity index (χ2v) is 7.56. The van der Waals surface area contributed by atoms with Crippen LogP contribution in [0.15, 0.2) is 24.3 Å². The molecule has 0 radical (unpaired) electrons. The predicted molar refractivity (Wildman–Crippen MR) is 81.5 cm³/mol. The number of hydrogen-bond acceptors (Lipinski definition) is 2. The van der Waals surface area contributed by atoms with Crippen molar-refractivity contribution >= 4 is 0 Å². The molecule has 0 aromatic heterocycles. The molecule has 2 nitrogen and oxygen atoms in total.